The van der Waals surface area contributed by atoms with Crippen LogP contribution in [0.4, 0.5) is 11.8 Å². The Bertz CT molecular complexity index is 968. The Balaban J connectivity index is 1.62. The van der Waals surface area contributed by atoms with Gasteiger partial charge in [-0.3, -0.25) is 0 Å². The van der Waals surface area contributed by atoms with Crippen molar-refractivity contribution in [2.75, 3.05) is 24.2 Å². The molecule has 1 saturated carbocycles. The number of nitrogens with one attached hydrogen (secondary N) is 2. The summed E-state index contributed by atoms with van der Waals surface area (Å²) in [6, 6.07) is 2.00. The van der Waals surface area contributed by atoms with Crippen LogP contribution in [0, 0.1) is 0 Å². The Morgan fingerprint density at radius 1 is 1.25 bits per heavy atom. The molecule has 0 bridgehead atoms. The summed E-state index contributed by atoms with van der Waals surface area (Å²) in [4.78, 5) is 13.7. The van der Waals surface area contributed by atoms with Gasteiger partial charge in [-0.2, -0.15) is 10.1 Å². The fourth-order valence-corrected chi connectivity index (χ4v) is 3.16. The van der Waals surface area contributed by atoms with Gasteiger partial charge in [0.2, 0.25) is 5.95 Å². The van der Waals surface area contributed by atoms with Crippen LogP contribution < -0.4 is 10.6 Å². The van der Waals surface area contributed by atoms with Gasteiger partial charge in [0, 0.05) is 42.7 Å². The molecule has 0 radical (unpaired) electrons. The lowest BCUT2D eigenvalue weighted by atomic mass is 10.0. The third kappa shape index (κ3) is 2.05. The van der Waals surface area contributed by atoms with Crippen molar-refractivity contribution < 1.29 is 0 Å². The summed E-state index contributed by atoms with van der Waals surface area (Å²) in [6.45, 7) is 0.726. The van der Waals surface area contributed by atoms with E-state index in [1.807, 2.05) is 36.2 Å². The summed E-state index contributed by atoms with van der Waals surface area (Å²) in [6.07, 6.45) is 10.4. The molecule has 3 aromatic heterocycles. The molecule has 1 aliphatic heterocycles. The third-order valence-electron chi connectivity index (χ3n) is 4.57. The second kappa shape index (κ2) is 5.02. The van der Waals surface area contributed by atoms with Gasteiger partial charge >= 0.3 is 0 Å². The van der Waals surface area contributed by atoms with E-state index in [0.717, 1.165) is 34.8 Å². The molecular formula is C17H17N7. The van der Waals surface area contributed by atoms with E-state index in [0.29, 0.717) is 11.9 Å². The highest BCUT2D eigenvalue weighted by molar-refractivity contribution is 5.86. The van der Waals surface area contributed by atoms with Crippen molar-refractivity contribution in [2.24, 2.45) is 0 Å². The van der Waals surface area contributed by atoms with Gasteiger partial charge in [-0.15, -0.1) is 0 Å². The molecule has 0 amide bonds. The Kier molecular flexibility index (Phi) is 2.82. The molecular weight excluding hydrogens is 302 g/mol. The van der Waals surface area contributed by atoms with Gasteiger partial charge in [0.05, 0.1) is 11.9 Å². The average Bonchev–Trinajstić information content (AvgIpc) is 3.39. The summed E-state index contributed by atoms with van der Waals surface area (Å²) < 4.78 is 1.86. The lowest BCUT2D eigenvalue weighted by molar-refractivity contribution is 0.935. The number of hydrogen-bond donors (Lipinski definition) is 2. The van der Waals surface area contributed by atoms with Crippen LogP contribution >= 0.6 is 0 Å². The largest absolute Gasteiger partial charge is 0.366 e. The first-order valence-corrected chi connectivity index (χ1v) is 8.17. The fraction of sp³-hybridized carbons (Fsp3) is 0.294. The highest BCUT2D eigenvalue weighted by Gasteiger charge is 2.28. The van der Waals surface area contributed by atoms with E-state index in [9.17, 15) is 0 Å². The molecule has 1 aliphatic carbocycles. The monoisotopic (exact) mass is 319 g/mol. The quantitative estimate of drug-likeness (QED) is 0.771. The normalized spacial score (nSPS) is 16.5. The smallest absolute Gasteiger partial charge is 0.224 e. The molecule has 1 fully saturated rings. The first-order chi connectivity index (χ1) is 11.8. The maximum absolute atomic E-state index is 4.89. The molecule has 2 aliphatic rings. The van der Waals surface area contributed by atoms with Gasteiger partial charge in [0.15, 0.2) is 5.65 Å². The van der Waals surface area contributed by atoms with E-state index in [1.54, 1.807) is 0 Å². The first kappa shape index (κ1) is 13.5. The van der Waals surface area contributed by atoms with Gasteiger partial charge in [-0.05, 0) is 24.8 Å². The summed E-state index contributed by atoms with van der Waals surface area (Å²) >= 11 is 0. The molecule has 5 rings (SSSR count). The maximum atomic E-state index is 4.89. The van der Waals surface area contributed by atoms with Crippen LogP contribution in [-0.2, 0) is 0 Å². The highest BCUT2D eigenvalue weighted by Crippen LogP contribution is 2.41. The molecule has 7 nitrogen and oxygen atoms in total. The Morgan fingerprint density at radius 2 is 2.17 bits per heavy atom. The van der Waals surface area contributed by atoms with Gasteiger partial charge < -0.3 is 10.6 Å². The van der Waals surface area contributed by atoms with Gasteiger partial charge in [-0.25, -0.2) is 14.5 Å². The number of aromatic nitrogens is 5. The standard InChI is InChI=1S/C17H17N7/c1-18-17-20-8-13-11(4-6-19-15(13)23-17)14-5-7-24-16(22-14)12(9-21-24)10-2-3-10/h4-5,7-10H,2-3,6H2,1H3,(H2,18,19,20,23). The van der Waals surface area contributed by atoms with E-state index in [1.165, 1.54) is 18.4 Å². The minimum Gasteiger partial charge on any atom is -0.366 e. The lowest BCUT2D eigenvalue weighted by Crippen LogP contribution is -2.13. The Morgan fingerprint density at radius 3 is 3.00 bits per heavy atom. The second-order valence-corrected chi connectivity index (χ2v) is 6.16. The third-order valence-corrected chi connectivity index (χ3v) is 4.57. The van der Waals surface area contributed by atoms with Crippen LogP contribution in [0.1, 0.15) is 35.6 Å². The van der Waals surface area contributed by atoms with Gasteiger partial charge in [-0.1, -0.05) is 6.08 Å². The number of nitrogens with zero attached hydrogens (tertiary/aromatic N) is 5. The molecule has 4 heterocycles. The molecule has 2 N–H and O–H groups in total. The van der Waals surface area contributed by atoms with Crippen molar-refractivity contribution in [1.82, 2.24) is 24.6 Å². The van der Waals surface area contributed by atoms with Crippen molar-refractivity contribution >= 4 is 23.0 Å². The molecule has 3 aromatic rings. The SMILES string of the molecule is CNc1ncc2c(n1)NCC=C2c1ccn2ncc(C3CC3)c2n1. The minimum absolute atomic E-state index is 0.609. The lowest BCUT2D eigenvalue weighted by Gasteiger charge is -2.18. The van der Waals surface area contributed by atoms with Crippen molar-refractivity contribution in [3.05, 3.63) is 47.6 Å². The van der Waals surface area contributed by atoms with E-state index in [-0.39, 0.29) is 0 Å². The maximum Gasteiger partial charge on any atom is 0.224 e. The van der Waals surface area contributed by atoms with Crippen LogP contribution in [0.3, 0.4) is 0 Å². The van der Waals surface area contributed by atoms with E-state index in [4.69, 9.17) is 4.98 Å². The van der Waals surface area contributed by atoms with Gasteiger partial charge in [0.25, 0.3) is 0 Å². The van der Waals surface area contributed by atoms with E-state index < -0.39 is 0 Å². The summed E-state index contributed by atoms with van der Waals surface area (Å²) in [5, 5.41) is 10.7. The van der Waals surface area contributed by atoms with Crippen LogP contribution in [0.25, 0.3) is 11.2 Å². The zero-order valence-corrected chi connectivity index (χ0v) is 13.3. The topological polar surface area (TPSA) is 80.0 Å². The highest BCUT2D eigenvalue weighted by atomic mass is 15.2. The molecule has 0 saturated heterocycles. The predicted octanol–water partition coefficient (Wildman–Crippen LogP) is 2.30. The summed E-state index contributed by atoms with van der Waals surface area (Å²) in [5.74, 6) is 2.07. The van der Waals surface area contributed by atoms with Crippen LogP contribution in [0.2, 0.25) is 0 Å². The second-order valence-electron chi connectivity index (χ2n) is 6.16. The first-order valence-electron chi connectivity index (χ1n) is 8.17. The molecule has 0 unspecified atom stereocenters. The van der Waals surface area contributed by atoms with Crippen molar-refractivity contribution in [3.8, 4) is 0 Å². The number of anilines is 2. The molecule has 0 aromatic carbocycles. The minimum atomic E-state index is 0.609. The van der Waals surface area contributed by atoms with Crippen LogP contribution in [0.5, 0.6) is 0 Å². The van der Waals surface area contributed by atoms with E-state index in [2.05, 4.69) is 31.8 Å². The fourth-order valence-electron chi connectivity index (χ4n) is 3.16. The number of hydrogen-bond acceptors (Lipinski definition) is 6. The predicted molar refractivity (Wildman–Crippen MR) is 92.1 cm³/mol. The van der Waals surface area contributed by atoms with Gasteiger partial charge in [0.1, 0.15) is 5.82 Å². The Labute approximate surface area is 138 Å². The molecule has 7 heteroatoms. The summed E-state index contributed by atoms with van der Waals surface area (Å²) in [5.41, 5.74) is 5.20. The number of rotatable bonds is 3. The zero-order valence-electron chi connectivity index (χ0n) is 13.3. The van der Waals surface area contributed by atoms with E-state index >= 15 is 0 Å². The average molecular weight is 319 g/mol. The molecule has 120 valence electrons. The molecule has 0 atom stereocenters. The van der Waals surface area contributed by atoms with Crippen LogP contribution in [-0.4, -0.2) is 38.2 Å². The summed E-state index contributed by atoms with van der Waals surface area (Å²) in [7, 11) is 1.82. The van der Waals surface area contributed by atoms with Crippen molar-refractivity contribution in [1.29, 1.82) is 0 Å². The molecule has 0 spiro atoms. The van der Waals surface area contributed by atoms with Crippen LogP contribution in [0.15, 0.2) is 30.7 Å². The number of fused-ring (bicyclic) bond motifs is 2. The molecule has 24 heavy (non-hydrogen) atoms. The van der Waals surface area contributed by atoms with Crippen molar-refractivity contribution in [3.63, 3.8) is 0 Å². The van der Waals surface area contributed by atoms with Crippen molar-refractivity contribution in [2.45, 2.75) is 18.8 Å². The zero-order chi connectivity index (χ0) is 16.1. The Hall–Kier alpha value is -2.96.